The highest BCUT2D eigenvalue weighted by Crippen LogP contribution is 2.21. The van der Waals surface area contributed by atoms with E-state index in [0.29, 0.717) is 11.3 Å². The van der Waals surface area contributed by atoms with Gasteiger partial charge >= 0.3 is 6.03 Å². The third kappa shape index (κ3) is 4.12. The summed E-state index contributed by atoms with van der Waals surface area (Å²) in [6.07, 6.45) is 0.549. The molecule has 0 atom stereocenters. The number of imide groups is 1. The number of hydrogen-bond acceptors (Lipinski definition) is 4. The zero-order valence-electron chi connectivity index (χ0n) is 8.60. The summed E-state index contributed by atoms with van der Waals surface area (Å²) in [5, 5.41) is 2.20. The summed E-state index contributed by atoms with van der Waals surface area (Å²) in [6, 6.07) is 3.39. The Bertz CT molecular complexity index is 462. The van der Waals surface area contributed by atoms with Crippen LogP contribution < -0.4 is 15.8 Å². The lowest BCUT2D eigenvalue weighted by atomic mass is 10.2. The van der Waals surface area contributed by atoms with E-state index in [1.807, 2.05) is 5.32 Å². The van der Waals surface area contributed by atoms with Gasteiger partial charge in [-0.1, -0.05) is 11.6 Å². The van der Waals surface area contributed by atoms with E-state index in [4.69, 9.17) is 22.1 Å². The molecule has 1 rings (SSSR count). The predicted molar refractivity (Wildman–Crippen MR) is 60.1 cm³/mol. The molecule has 0 radical (unpaired) electrons. The standard InChI is InChI=1S/C10H9ClN2O4/c11-7-1-2-8(6(3-7)4-14)17-5-9(15)13-10(12)16/h1-4H,5H2,(H3,12,13,15,16). The fourth-order valence-electron chi connectivity index (χ4n) is 1.06. The van der Waals surface area contributed by atoms with Gasteiger partial charge in [0.15, 0.2) is 12.9 Å². The van der Waals surface area contributed by atoms with Crippen LogP contribution in [0.15, 0.2) is 18.2 Å². The van der Waals surface area contributed by atoms with Gasteiger partial charge in [-0.15, -0.1) is 0 Å². The number of carbonyl (C=O) groups is 3. The Morgan fingerprint density at radius 2 is 2.18 bits per heavy atom. The summed E-state index contributed by atoms with van der Waals surface area (Å²) in [5.41, 5.74) is 4.95. The van der Waals surface area contributed by atoms with Gasteiger partial charge in [0.2, 0.25) is 0 Å². The first kappa shape index (κ1) is 13.0. The minimum Gasteiger partial charge on any atom is -0.483 e. The zero-order valence-corrected chi connectivity index (χ0v) is 9.36. The second kappa shape index (κ2) is 5.86. The lowest BCUT2D eigenvalue weighted by Crippen LogP contribution is -2.38. The summed E-state index contributed by atoms with van der Waals surface area (Å²) in [6.45, 7) is -0.425. The van der Waals surface area contributed by atoms with Crippen molar-refractivity contribution in [1.29, 1.82) is 0 Å². The molecule has 0 bridgehead atoms. The van der Waals surface area contributed by atoms with Crippen molar-refractivity contribution in [2.75, 3.05) is 6.61 Å². The Kier molecular flexibility index (Phi) is 4.47. The third-order valence-electron chi connectivity index (χ3n) is 1.72. The second-order valence-electron chi connectivity index (χ2n) is 3.00. The number of nitrogens with two attached hydrogens (primary N) is 1. The van der Waals surface area contributed by atoms with Gasteiger partial charge in [-0.05, 0) is 18.2 Å². The minimum absolute atomic E-state index is 0.198. The van der Waals surface area contributed by atoms with Crippen molar-refractivity contribution in [2.24, 2.45) is 5.73 Å². The molecule has 0 spiro atoms. The van der Waals surface area contributed by atoms with Crippen LogP contribution in [-0.4, -0.2) is 24.8 Å². The Morgan fingerprint density at radius 1 is 1.47 bits per heavy atom. The van der Waals surface area contributed by atoms with E-state index < -0.39 is 18.5 Å². The van der Waals surface area contributed by atoms with Crippen molar-refractivity contribution in [3.63, 3.8) is 0 Å². The molecule has 0 fully saturated rings. The van der Waals surface area contributed by atoms with Crippen LogP contribution in [0.25, 0.3) is 0 Å². The first-order valence-corrected chi connectivity index (χ1v) is 4.87. The number of benzene rings is 1. The van der Waals surface area contributed by atoms with E-state index in [9.17, 15) is 14.4 Å². The van der Waals surface area contributed by atoms with Crippen molar-refractivity contribution in [1.82, 2.24) is 5.32 Å². The average Bonchev–Trinajstić information content (AvgIpc) is 2.26. The quantitative estimate of drug-likeness (QED) is 0.776. The molecule has 90 valence electrons. The second-order valence-corrected chi connectivity index (χ2v) is 3.44. The number of ether oxygens (including phenoxy) is 1. The Hall–Kier alpha value is -2.08. The van der Waals surface area contributed by atoms with Crippen molar-refractivity contribution >= 4 is 29.8 Å². The molecule has 0 saturated heterocycles. The number of urea groups is 1. The molecule has 0 aliphatic carbocycles. The van der Waals surface area contributed by atoms with E-state index >= 15 is 0 Å². The van der Waals surface area contributed by atoms with Crippen molar-refractivity contribution in [3.8, 4) is 5.75 Å². The Labute approximate surface area is 102 Å². The summed E-state index contributed by atoms with van der Waals surface area (Å²) < 4.78 is 5.04. The number of nitrogens with one attached hydrogen (secondary N) is 1. The van der Waals surface area contributed by atoms with Crippen LogP contribution in [0.3, 0.4) is 0 Å². The molecule has 17 heavy (non-hydrogen) atoms. The average molecular weight is 257 g/mol. The van der Waals surface area contributed by atoms with Crippen molar-refractivity contribution in [2.45, 2.75) is 0 Å². The maximum atomic E-state index is 11.0. The Balaban J connectivity index is 2.66. The molecule has 0 aromatic heterocycles. The summed E-state index contributed by atoms with van der Waals surface area (Å²) in [4.78, 5) is 32.1. The largest absolute Gasteiger partial charge is 0.483 e. The maximum absolute atomic E-state index is 11.0. The van der Waals surface area contributed by atoms with E-state index in [1.54, 1.807) is 0 Å². The summed E-state index contributed by atoms with van der Waals surface area (Å²) in [5.74, 6) is -0.506. The monoisotopic (exact) mass is 256 g/mol. The first-order valence-electron chi connectivity index (χ1n) is 4.49. The fourth-order valence-corrected chi connectivity index (χ4v) is 1.24. The van der Waals surface area contributed by atoms with Gasteiger partial charge in [0, 0.05) is 5.02 Å². The van der Waals surface area contributed by atoms with Crippen LogP contribution in [0.1, 0.15) is 10.4 Å². The van der Waals surface area contributed by atoms with Crippen LogP contribution in [0.4, 0.5) is 4.79 Å². The number of carbonyl (C=O) groups excluding carboxylic acids is 3. The molecule has 0 saturated carbocycles. The molecule has 1 aromatic rings. The summed E-state index contributed by atoms with van der Waals surface area (Å²) >= 11 is 5.67. The molecule has 7 heteroatoms. The number of hydrogen-bond donors (Lipinski definition) is 2. The zero-order chi connectivity index (χ0) is 12.8. The molecule has 0 aliphatic rings. The molecule has 6 nitrogen and oxygen atoms in total. The van der Waals surface area contributed by atoms with E-state index in [2.05, 4.69) is 0 Å². The number of primary amides is 1. The fraction of sp³-hybridized carbons (Fsp3) is 0.100. The Morgan fingerprint density at radius 3 is 2.76 bits per heavy atom. The van der Waals surface area contributed by atoms with Crippen LogP contribution in [0, 0.1) is 0 Å². The molecular formula is C10H9ClN2O4. The number of amides is 3. The SMILES string of the molecule is NC(=O)NC(=O)COc1ccc(Cl)cc1C=O. The van der Waals surface area contributed by atoms with Crippen LogP contribution in [0.2, 0.25) is 5.02 Å². The van der Waals surface area contributed by atoms with Crippen LogP contribution in [0.5, 0.6) is 5.75 Å². The van der Waals surface area contributed by atoms with Gasteiger partial charge in [-0.25, -0.2) is 4.79 Å². The van der Waals surface area contributed by atoms with Gasteiger partial charge in [0.1, 0.15) is 5.75 Å². The van der Waals surface area contributed by atoms with Crippen molar-refractivity contribution in [3.05, 3.63) is 28.8 Å². The summed E-state index contributed by atoms with van der Waals surface area (Å²) in [7, 11) is 0. The van der Waals surface area contributed by atoms with E-state index in [1.165, 1.54) is 18.2 Å². The van der Waals surface area contributed by atoms with Gasteiger partial charge in [0.05, 0.1) is 5.56 Å². The lowest BCUT2D eigenvalue weighted by molar-refractivity contribution is -0.121. The molecule has 0 heterocycles. The molecule has 3 N–H and O–H groups in total. The molecule has 3 amide bonds. The number of rotatable bonds is 4. The van der Waals surface area contributed by atoms with Gasteiger partial charge in [-0.2, -0.15) is 0 Å². The molecule has 0 unspecified atom stereocenters. The van der Waals surface area contributed by atoms with Crippen LogP contribution >= 0.6 is 11.6 Å². The molecular weight excluding hydrogens is 248 g/mol. The van der Waals surface area contributed by atoms with Crippen LogP contribution in [-0.2, 0) is 4.79 Å². The van der Waals surface area contributed by atoms with E-state index in [-0.39, 0.29) is 11.3 Å². The van der Waals surface area contributed by atoms with Crippen molar-refractivity contribution < 1.29 is 19.1 Å². The topological polar surface area (TPSA) is 98.5 Å². The molecule has 0 aliphatic heterocycles. The van der Waals surface area contributed by atoms with Gasteiger partial charge in [0.25, 0.3) is 5.91 Å². The highest BCUT2D eigenvalue weighted by Gasteiger charge is 2.08. The smallest absolute Gasteiger partial charge is 0.318 e. The lowest BCUT2D eigenvalue weighted by Gasteiger charge is -2.07. The normalized spacial score (nSPS) is 9.47. The predicted octanol–water partition coefficient (Wildman–Crippen LogP) is 0.726. The third-order valence-corrected chi connectivity index (χ3v) is 1.96. The van der Waals surface area contributed by atoms with E-state index in [0.717, 1.165) is 0 Å². The van der Waals surface area contributed by atoms with Gasteiger partial charge in [-0.3, -0.25) is 14.9 Å². The highest BCUT2D eigenvalue weighted by molar-refractivity contribution is 6.30. The number of halogens is 1. The minimum atomic E-state index is -0.967. The first-order chi connectivity index (χ1) is 8.02. The molecule has 1 aromatic carbocycles. The van der Waals surface area contributed by atoms with Gasteiger partial charge < -0.3 is 10.5 Å². The number of aldehydes is 1. The maximum Gasteiger partial charge on any atom is 0.318 e. The highest BCUT2D eigenvalue weighted by atomic mass is 35.5.